The van der Waals surface area contributed by atoms with Crippen molar-refractivity contribution in [3.63, 3.8) is 0 Å². The summed E-state index contributed by atoms with van der Waals surface area (Å²) >= 11 is 0. The summed E-state index contributed by atoms with van der Waals surface area (Å²) < 4.78 is 0. The van der Waals surface area contributed by atoms with E-state index in [1.54, 1.807) is 6.08 Å². The van der Waals surface area contributed by atoms with Gasteiger partial charge < -0.3 is 5.11 Å². The second-order valence-corrected chi connectivity index (χ2v) is 2.61. The third-order valence-electron chi connectivity index (χ3n) is 1.18. The summed E-state index contributed by atoms with van der Waals surface area (Å²) in [6, 6.07) is 0. The molecule has 0 bridgehead atoms. The summed E-state index contributed by atoms with van der Waals surface area (Å²) in [7, 11) is 0. The second-order valence-electron chi connectivity index (χ2n) is 2.61. The predicted octanol–water partition coefficient (Wildman–Crippen LogP) is 2.28. The Labute approximate surface area is 63.1 Å². The molecule has 58 valence electrons. The van der Waals surface area contributed by atoms with Crippen LogP contribution in [0.1, 0.15) is 27.2 Å². The summed E-state index contributed by atoms with van der Waals surface area (Å²) in [4.78, 5) is 0. The molecule has 0 saturated carbocycles. The van der Waals surface area contributed by atoms with Crippen LogP contribution in [0.25, 0.3) is 0 Å². The number of aliphatic hydroxyl groups is 1. The van der Waals surface area contributed by atoms with Crippen molar-refractivity contribution < 1.29 is 5.11 Å². The molecule has 0 amide bonds. The average molecular weight is 140 g/mol. The molecule has 0 fully saturated rings. The maximum Gasteiger partial charge on any atom is 0.0755 e. The third kappa shape index (κ3) is 5.57. The normalized spacial score (nSPS) is 13.6. The summed E-state index contributed by atoms with van der Waals surface area (Å²) in [6.45, 7) is 5.97. The molecule has 10 heavy (non-hydrogen) atoms. The first-order chi connectivity index (χ1) is 4.66. The Morgan fingerprint density at radius 2 is 2.10 bits per heavy atom. The Bertz CT molecular complexity index is 130. The van der Waals surface area contributed by atoms with Gasteiger partial charge in [0.05, 0.1) is 6.10 Å². The second kappa shape index (κ2) is 5.24. The summed E-state index contributed by atoms with van der Waals surface area (Å²) in [5, 5.41) is 9.17. The standard InChI is InChI=1S/C9H16O/c1-4-5-9(10)7-6-8(2)3/h4-6,9-10H,7H2,1-3H3/b5-4+. The van der Waals surface area contributed by atoms with Crippen LogP contribution >= 0.6 is 0 Å². The van der Waals surface area contributed by atoms with Crippen molar-refractivity contribution in [2.45, 2.75) is 33.3 Å². The van der Waals surface area contributed by atoms with Gasteiger partial charge in [0, 0.05) is 0 Å². The zero-order chi connectivity index (χ0) is 7.98. The van der Waals surface area contributed by atoms with Crippen molar-refractivity contribution >= 4 is 0 Å². The van der Waals surface area contributed by atoms with Crippen molar-refractivity contribution in [3.05, 3.63) is 23.8 Å². The van der Waals surface area contributed by atoms with Crippen LogP contribution < -0.4 is 0 Å². The van der Waals surface area contributed by atoms with Gasteiger partial charge in [0.15, 0.2) is 0 Å². The number of hydrogen-bond acceptors (Lipinski definition) is 1. The first-order valence-electron chi connectivity index (χ1n) is 3.61. The quantitative estimate of drug-likeness (QED) is 0.596. The Balaban J connectivity index is 3.59. The fraction of sp³-hybridized carbons (Fsp3) is 0.556. The summed E-state index contributed by atoms with van der Waals surface area (Å²) in [5.41, 5.74) is 1.25. The van der Waals surface area contributed by atoms with Gasteiger partial charge in [-0.05, 0) is 27.2 Å². The van der Waals surface area contributed by atoms with Crippen LogP contribution in [-0.4, -0.2) is 11.2 Å². The largest absolute Gasteiger partial charge is 0.389 e. The number of aliphatic hydroxyl groups excluding tert-OH is 1. The maximum absolute atomic E-state index is 9.17. The van der Waals surface area contributed by atoms with E-state index < -0.39 is 0 Å². The molecule has 0 spiro atoms. The summed E-state index contributed by atoms with van der Waals surface area (Å²) in [5.74, 6) is 0. The predicted molar refractivity (Wildman–Crippen MR) is 44.9 cm³/mol. The molecule has 0 aromatic rings. The first-order valence-corrected chi connectivity index (χ1v) is 3.61. The molecule has 1 unspecified atom stereocenters. The molecule has 1 N–H and O–H groups in total. The molecule has 0 saturated heterocycles. The Morgan fingerprint density at radius 3 is 2.50 bits per heavy atom. The Kier molecular flexibility index (Phi) is 4.95. The smallest absolute Gasteiger partial charge is 0.0755 e. The van der Waals surface area contributed by atoms with Gasteiger partial charge in [-0.15, -0.1) is 0 Å². The highest BCUT2D eigenvalue weighted by Gasteiger charge is 1.92. The highest BCUT2D eigenvalue weighted by Crippen LogP contribution is 1.98. The van der Waals surface area contributed by atoms with E-state index in [0.717, 1.165) is 6.42 Å². The molecule has 0 aliphatic heterocycles. The lowest BCUT2D eigenvalue weighted by Gasteiger charge is -1.99. The van der Waals surface area contributed by atoms with Gasteiger partial charge in [0.25, 0.3) is 0 Å². The van der Waals surface area contributed by atoms with Gasteiger partial charge >= 0.3 is 0 Å². The van der Waals surface area contributed by atoms with E-state index in [1.165, 1.54) is 5.57 Å². The molecule has 0 aliphatic rings. The lowest BCUT2D eigenvalue weighted by Crippen LogP contribution is -1.98. The fourth-order valence-corrected chi connectivity index (χ4v) is 0.657. The van der Waals surface area contributed by atoms with Crippen LogP contribution in [-0.2, 0) is 0 Å². The minimum atomic E-state index is -0.306. The zero-order valence-corrected chi connectivity index (χ0v) is 6.96. The van der Waals surface area contributed by atoms with Crippen LogP contribution in [0, 0.1) is 0 Å². The highest BCUT2D eigenvalue weighted by atomic mass is 16.3. The molecule has 0 aromatic carbocycles. The van der Waals surface area contributed by atoms with Crippen molar-refractivity contribution in [1.82, 2.24) is 0 Å². The van der Waals surface area contributed by atoms with Crippen LogP contribution in [0.3, 0.4) is 0 Å². The lowest BCUT2D eigenvalue weighted by atomic mass is 10.2. The van der Waals surface area contributed by atoms with Gasteiger partial charge in [0.2, 0.25) is 0 Å². The molecule has 1 atom stereocenters. The van der Waals surface area contributed by atoms with Gasteiger partial charge in [-0.2, -0.15) is 0 Å². The monoisotopic (exact) mass is 140 g/mol. The van der Waals surface area contributed by atoms with E-state index in [-0.39, 0.29) is 6.10 Å². The van der Waals surface area contributed by atoms with E-state index in [0.29, 0.717) is 0 Å². The van der Waals surface area contributed by atoms with Crippen LogP contribution in [0.4, 0.5) is 0 Å². The van der Waals surface area contributed by atoms with Crippen molar-refractivity contribution in [3.8, 4) is 0 Å². The SMILES string of the molecule is C/C=C/C(O)CC=C(C)C. The number of rotatable bonds is 3. The molecule has 0 heterocycles. The maximum atomic E-state index is 9.17. The minimum Gasteiger partial charge on any atom is -0.389 e. The molecule has 1 nitrogen and oxygen atoms in total. The minimum absolute atomic E-state index is 0.306. The molecular weight excluding hydrogens is 124 g/mol. The van der Waals surface area contributed by atoms with Crippen LogP contribution in [0.15, 0.2) is 23.8 Å². The molecular formula is C9H16O. The van der Waals surface area contributed by atoms with Crippen LogP contribution in [0.2, 0.25) is 0 Å². The van der Waals surface area contributed by atoms with Crippen molar-refractivity contribution in [1.29, 1.82) is 0 Å². The Hall–Kier alpha value is -0.560. The Morgan fingerprint density at radius 1 is 1.50 bits per heavy atom. The molecule has 0 aliphatic carbocycles. The average Bonchev–Trinajstić information content (AvgIpc) is 1.85. The number of hydrogen-bond donors (Lipinski definition) is 1. The van der Waals surface area contributed by atoms with E-state index in [1.807, 2.05) is 32.9 Å². The van der Waals surface area contributed by atoms with Gasteiger partial charge in [-0.1, -0.05) is 23.8 Å². The van der Waals surface area contributed by atoms with E-state index in [9.17, 15) is 0 Å². The van der Waals surface area contributed by atoms with E-state index in [4.69, 9.17) is 5.11 Å². The molecule has 0 aromatic heterocycles. The third-order valence-corrected chi connectivity index (χ3v) is 1.18. The zero-order valence-electron chi connectivity index (χ0n) is 6.96. The van der Waals surface area contributed by atoms with E-state index >= 15 is 0 Å². The van der Waals surface area contributed by atoms with Gasteiger partial charge in [-0.25, -0.2) is 0 Å². The number of allylic oxidation sites excluding steroid dienone is 2. The van der Waals surface area contributed by atoms with Gasteiger partial charge in [-0.3, -0.25) is 0 Å². The first kappa shape index (κ1) is 9.44. The highest BCUT2D eigenvalue weighted by molar-refractivity contribution is 4.98. The van der Waals surface area contributed by atoms with Gasteiger partial charge in [0.1, 0.15) is 0 Å². The van der Waals surface area contributed by atoms with Crippen molar-refractivity contribution in [2.75, 3.05) is 0 Å². The van der Waals surface area contributed by atoms with Crippen molar-refractivity contribution in [2.24, 2.45) is 0 Å². The molecule has 0 radical (unpaired) electrons. The lowest BCUT2D eigenvalue weighted by molar-refractivity contribution is 0.226. The topological polar surface area (TPSA) is 20.2 Å². The fourth-order valence-electron chi connectivity index (χ4n) is 0.657. The van der Waals surface area contributed by atoms with Crippen LogP contribution in [0.5, 0.6) is 0 Å². The molecule has 1 heteroatoms. The van der Waals surface area contributed by atoms with E-state index in [2.05, 4.69) is 0 Å². The summed E-state index contributed by atoms with van der Waals surface area (Å²) in [6.07, 6.45) is 6.11. The molecule has 0 rings (SSSR count).